The number of hydrogen-bond donors (Lipinski definition) is 2. The molecule has 3 N–H and O–H groups in total. The minimum atomic E-state index is -3.62. The number of ether oxygens (including phenoxy) is 1. The summed E-state index contributed by atoms with van der Waals surface area (Å²) in [6.07, 6.45) is 0. The van der Waals surface area contributed by atoms with Crippen molar-refractivity contribution in [2.75, 3.05) is 7.11 Å². The van der Waals surface area contributed by atoms with Gasteiger partial charge >= 0.3 is 0 Å². The number of phenolic OH excluding ortho intramolecular Hbond substituents is 1. The third-order valence-corrected chi connectivity index (χ3v) is 2.36. The minimum absolute atomic E-state index is 0.140. The van der Waals surface area contributed by atoms with Gasteiger partial charge in [-0.05, 0) is 6.07 Å². The van der Waals surface area contributed by atoms with E-state index in [9.17, 15) is 13.5 Å². The van der Waals surface area contributed by atoms with Gasteiger partial charge < -0.3 is 9.84 Å². The molecule has 0 aromatic heterocycles. The summed E-state index contributed by atoms with van der Waals surface area (Å²) in [6.45, 7) is 0. The van der Waals surface area contributed by atoms with Crippen molar-refractivity contribution in [2.24, 2.45) is 5.14 Å². The van der Waals surface area contributed by atoms with E-state index in [1.165, 1.54) is 19.2 Å². The summed E-state index contributed by atoms with van der Waals surface area (Å²) in [5.74, 6) is -0.0675. The Morgan fingerprint density at radius 2 is 2.14 bits per heavy atom. The van der Waals surface area contributed by atoms with Crippen LogP contribution in [0.2, 0.25) is 0 Å². The molecule has 0 bridgehead atoms. The van der Waals surface area contributed by atoms with Gasteiger partial charge in [0.25, 0.3) is 0 Å². The SMILES string of the molecule is COc1ccc(CS(N)(=O)=O)c(O)c1. The molecule has 78 valence electrons. The fourth-order valence-corrected chi connectivity index (χ4v) is 1.69. The second-order valence-corrected chi connectivity index (χ2v) is 4.42. The first kappa shape index (κ1) is 10.8. The van der Waals surface area contributed by atoms with Crippen LogP contribution in [0.25, 0.3) is 0 Å². The maximum absolute atomic E-state index is 10.7. The second kappa shape index (κ2) is 3.85. The van der Waals surface area contributed by atoms with Crippen molar-refractivity contribution in [3.63, 3.8) is 0 Å². The summed E-state index contributed by atoms with van der Waals surface area (Å²) in [5.41, 5.74) is 0.258. The molecule has 0 atom stereocenters. The van der Waals surface area contributed by atoms with Crippen molar-refractivity contribution < 1.29 is 18.3 Å². The van der Waals surface area contributed by atoms with Gasteiger partial charge in [0.05, 0.1) is 12.9 Å². The monoisotopic (exact) mass is 217 g/mol. The number of rotatable bonds is 3. The molecule has 1 rings (SSSR count). The highest BCUT2D eigenvalue weighted by atomic mass is 32.2. The third-order valence-electron chi connectivity index (χ3n) is 1.65. The number of primary sulfonamides is 1. The lowest BCUT2D eigenvalue weighted by molar-refractivity contribution is 0.406. The zero-order valence-corrected chi connectivity index (χ0v) is 8.41. The molecular weight excluding hydrogens is 206 g/mol. The quantitative estimate of drug-likeness (QED) is 0.756. The molecule has 6 heteroatoms. The lowest BCUT2D eigenvalue weighted by Gasteiger charge is -2.05. The topological polar surface area (TPSA) is 89.6 Å². The highest BCUT2D eigenvalue weighted by Crippen LogP contribution is 2.24. The van der Waals surface area contributed by atoms with Gasteiger partial charge in [0.1, 0.15) is 11.5 Å². The smallest absolute Gasteiger partial charge is 0.213 e. The molecule has 0 saturated carbocycles. The Kier molecular flexibility index (Phi) is 2.97. The summed E-state index contributed by atoms with van der Waals surface area (Å²) in [5, 5.41) is 14.2. The highest BCUT2D eigenvalue weighted by Gasteiger charge is 2.09. The first-order valence-electron chi connectivity index (χ1n) is 3.79. The van der Waals surface area contributed by atoms with Gasteiger partial charge in [-0.3, -0.25) is 0 Å². The molecule has 0 amide bonds. The van der Waals surface area contributed by atoms with Crippen LogP contribution in [-0.2, 0) is 15.8 Å². The lowest BCUT2D eigenvalue weighted by Crippen LogP contribution is -2.14. The number of sulfonamides is 1. The summed E-state index contributed by atoms with van der Waals surface area (Å²) in [6, 6.07) is 4.35. The molecule has 0 unspecified atom stereocenters. The average molecular weight is 217 g/mol. The molecule has 0 spiro atoms. The molecule has 1 aromatic rings. The standard InChI is InChI=1S/C8H11NO4S/c1-13-7-3-2-6(8(10)4-7)5-14(9,11)12/h2-4,10H,5H2,1H3,(H2,9,11,12). The van der Waals surface area contributed by atoms with Crippen molar-refractivity contribution in [1.29, 1.82) is 0 Å². The number of phenols is 1. The zero-order valence-electron chi connectivity index (χ0n) is 7.60. The van der Waals surface area contributed by atoms with Crippen LogP contribution >= 0.6 is 0 Å². The van der Waals surface area contributed by atoms with E-state index in [1.807, 2.05) is 0 Å². The molecule has 0 aliphatic rings. The fraction of sp³-hybridized carbons (Fsp3) is 0.250. The van der Waals surface area contributed by atoms with Crippen molar-refractivity contribution in [3.8, 4) is 11.5 Å². The van der Waals surface area contributed by atoms with E-state index in [2.05, 4.69) is 0 Å². The largest absolute Gasteiger partial charge is 0.507 e. The molecule has 0 aliphatic heterocycles. The van der Waals surface area contributed by atoms with E-state index in [1.54, 1.807) is 6.07 Å². The predicted molar refractivity (Wildman–Crippen MR) is 51.5 cm³/mol. The molecule has 0 saturated heterocycles. The van der Waals surface area contributed by atoms with Gasteiger partial charge in [-0.15, -0.1) is 0 Å². The first-order chi connectivity index (χ1) is 6.42. The zero-order chi connectivity index (χ0) is 10.8. The Morgan fingerprint density at radius 3 is 2.57 bits per heavy atom. The van der Waals surface area contributed by atoms with Crippen LogP contribution in [0.15, 0.2) is 18.2 Å². The number of aromatic hydroxyl groups is 1. The van der Waals surface area contributed by atoms with Gasteiger partial charge in [0.2, 0.25) is 10.0 Å². The Morgan fingerprint density at radius 1 is 1.50 bits per heavy atom. The van der Waals surface area contributed by atoms with Crippen molar-refractivity contribution in [3.05, 3.63) is 23.8 Å². The Bertz CT molecular complexity index is 427. The van der Waals surface area contributed by atoms with Gasteiger partial charge in [0.15, 0.2) is 0 Å². The van der Waals surface area contributed by atoms with E-state index in [0.717, 1.165) is 0 Å². The van der Waals surface area contributed by atoms with Crippen molar-refractivity contribution >= 4 is 10.0 Å². The summed E-state index contributed by atoms with van der Waals surface area (Å²) in [7, 11) is -2.17. The van der Waals surface area contributed by atoms with E-state index < -0.39 is 10.0 Å². The van der Waals surface area contributed by atoms with E-state index in [0.29, 0.717) is 5.75 Å². The van der Waals surface area contributed by atoms with Crippen LogP contribution in [0.5, 0.6) is 11.5 Å². The molecule has 5 nitrogen and oxygen atoms in total. The van der Waals surface area contributed by atoms with E-state index >= 15 is 0 Å². The highest BCUT2D eigenvalue weighted by molar-refractivity contribution is 7.88. The van der Waals surface area contributed by atoms with Gasteiger partial charge in [-0.1, -0.05) is 6.07 Å². The molecule has 1 aromatic carbocycles. The predicted octanol–water partition coefficient (Wildman–Crippen LogP) is 0.189. The third kappa shape index (κ3) is 2.90. The molecular formula is C8H11NO4S. The number of methoxy groups -OCH3 is 1. The van der Waals surface area contributed by atoms with Gasteiger partial charge in [-0.2, -0.15) is 0 Å². The van der Waals surface area contributed by atoms with Crippen molar-refractivity contribution in [2.45, 2.75) is 5.75 Å². The normalized spacial score (nSPS) is 11.3. The average Bonchev–Trinajstić information content (AvgIpc) is 2.06. The van der Waals surface area contributed by atoms with Crippen LogP contribution in [0, 0.1) is 0 Å². The summed E-state index contributed by atoms with van der Waals surface area (Å²) >= 11 is 0. The number of hydrogen-bond acceptors (Lipinski definition) is 4. The van der Waals surface area contributed by atoms with Crippen LogP contribution in [0.3, 0.4) is 0 Å². The van der Waals surface area contributed by atoms with Crippen LogP contribution in [0.4, 0.5) is 0 Å². The van der Waals surface area contributed by atoms with E-state index in [4.69, 9.17) is 9.88 Å². The van der Waals surface area contributed by atoms with Crippen LogP contribution in [-0.4, -0.2) is 20.6 Å². The van der Waals surface area contributed by atoms with Gasteiger partial charge in [0, 0.05) is 11.6 Å². The van der Waals surface area contributed by atoms with E-state index in [-0.39, 0.29) is 17.1 Å². The lowest BCUT2D eigenvalue weighted by atomic mass is 10.2. The van der Waals surface area contributed by atoms with Crippen LogP contribution in [0.1, 0.15) is 5.56 Å². The minimum Gasteiger partial charge on any atom is -0.507 e. The molecule has 0 heterocycles. The summed E-state index contributed by atoms with van der Waals surface area (Å²) < 4.78 is 26.3. The molecule has 0 aliphatic carbocycles. The Balaban J connectivity index is 3.01. The number of benzene rings is 1. The Labute approximate surface area is 82.2 Å². The number of nitrogens with two attached hydrogens (primary N) is 1. The molecule has 0 fully saturated rings. The first-order valence-corrected chi connectivity index (χ1v) is 5.50. The van der Waals surface area contributed by atoms with Crippen LogP contribution < -0.4 is 9.88 Å². The maximum Gasteiger partial charge on any atom is 0.213 e. The van der Waals surface area contributed by atoms with Crippen molar-refractivity contribution in [1.82, 2.24) is 0 Å². The molecule has 14 heavy (non-hydrogen) atoms. The Hall–Kier alpha value is -1.27. The van der Waals surface area contributed by atoms with Gasteiger partial charge in [-0.25, -0.2) is 13.6 Å². The maximum atomic E-state index is 10.7. The second-order valence-electron chi connectivity index (χ2n) is 2.80. The molecule has 0 radical (unpaired) electrons. The summed E-state index contributed by atoms with van der Waals surface area (Å²) in [4.78, 5) is 0. The fourth-order valence-electron chi connectivity index (χ4n) is 1.01.